The van der Waals surface area contributed by atoms with Gasteiger partial charge in [0, 0.05) is 43.5 Å². The lowest BCUT2D eigenvalue weighted by Gasteiger charge is -2.32. The fourth-order valence-corrected chi connectivity index (χ4v) is 3.58. The van der Waals surface area contributed by atoms with Crippen molar-refractivity contribution in [2.45, 2.75) is 45.3 Å². The fraction of sp³-hybridized carbons (Fsp3) is 0.500. The lowest BCUT2D eigenvalue weighted by Crippen LogP contribution is -2.39. The van der Waals surface area contributed by atoms with Crippen LogP contribution in [0.2, 0.25) is 0 Å². The van der Waals surface area contributed by atoms with Gasteiger partial charge < -0.3 is 9.47 Å². The van der Waals surface area contributed by atoms with Crippen LogP contribution in [-0.4, -0.2) is 33.4 Å². The molecule has 0 N–H and O–H groups in total. The van der Waals surface area contributed by atoms with E-state index >= 15 is 0 Å². The fourth-order valence-electron chi connectivity index (χ4n) is 3.58. The molecule has 2 heterocycles. The lowest BCUT2D eigenvalue weighted by atomic mass is 9.95. The maximum Gasteiger partial charge on any atom is 0.416 e. The Kier molecular flexibility index (Phi) is 5.58. The summed E-state index contributed by atoms with van der Waals surface area (Å²) in [6.45, 7) is 6.19. The summed E-state index contributed by atoms with van der Waals surface area (Å²) in [7, 11) is 0. The molecule has 27 heavy (non-hydrogen) atoms. The predicted octanol–water partition coefficient (Wildman–Crippen LogP) is 4.58. The minimum absolute atomic E-state index is 0.0972. The maximum atomic E-state index is 12.9. The molecule has 146 valence electrons. The van der Waals surface area contributed by atoms with E-state index in [1.54, 1.807) is 4.90 Å². The molecule has 1 aromatic carbocycles. The number of rotatable bonds is 4. The zero-order valence-corrected chi connectivity index (χ0v) is 15.5. The largest absolute Gasteiger partial charge is 0.416 e. The molecule has 1 aliphatic rings. The summed E-state index contributed by atoms with van der Waals surface area (Å²) < 4.78 is 40.8. The summed E-state index contributed by atoms with van der Waals surface area (Å²) in [6, 6.07) is 4.66. The van der Waals surface area contributed by atoms with Gasteiger partial charge in [-0.25, -0.2) is 4.98 Å². The molecule has 0 unspecified atom stereocenters. The summed E-state index contributed by atoms with van der Waals surface area (Å²) >= 11 is 0. The van der Waals surface area contributed by atoms with Crippen LogP contribution in [0.4, 0.5) is 13.2 Å². The van der Waals surface area contributed by atoms with E-state index in [0.29, 0.717) is 24.9 Å². The van der Waals surface area contributed by atoms with Gasteiger partial charge in [0.05, 0.1) is 5.56 Å². The molecule has 1 aliphatic heterocycles. The first-order valence-electron chi connectivity index (χ1n) is 9.23. The lowest BCUT2D eigenvalue weighted by molar-refractivity contribution is -0.137. The zero-order valence-electron chi connectivity index (χ0n) is 15.5. The monoisotopic (exact) mass is 379 g/mol. The highest BCUT2D eigenvalue weighted by Crippen LogP contribution is 2.30. The maximum absolute atomic E-state index is 12.9. The van der Waals surface area contributed by atoms with Crippen molar-refractivity contribution < 1.29 is 18.0 Å². The van der Waals surface area contributed by atoms with Crippen molar-refractivity contribution in [2.75, 3.05) is 13.1 Å². The molecular weight excluding hydrogens is 355 g/mol. The number of halogens is 3. The van der Waals surface area contributed by atoms with Crippen LogP contribution in [0, 0.1) is 5.92 Å². The van der Waals surface area contributed by atoms with E-state index in [1.807, 2.05) is 12.4 Å². The van der Waals surface area contributed by atoms with Crippen molar-refractivity contribution >= 4 is 5.91 Å². The molecule has 1 saturated heterocycles. The van der Waals surface area contributed by atoms with Crippen LogP contribution in [0.25, 0.3) is 0 Å². The van der Waals surface area contributed by atoms with Crippen LogP contribution >= 0.6 is 0 Å². The van der Waals surface area contributed by atoms with Gasteiger partial charge in [-0.05, 0) is 37.0 Å². The first-order valence-corrected chi connectivity index (χ1v) is 9.23. The van der Waals surface area contributed by atoms with Crippen molar-refractivity contribution in [1.82, 2.24) is 14.5 Å². The molecule has 1 fully saturated rings. The van der Waals surface area contributed by atoms with Crippen molar-refractivity contribution in [3.8, 4) is 0 Å². The minimum atomic E-state index is -4.44. The number of likely N-dealkylation sites (tertiary alicyclic amines) is 1. The number of carbonyl (C=O) groups excluding carboxylic acids is 1. The van der Waals surface area contributed by atoms with E-state index in [2.05, 4.69) is 23.4 Å². The molecule has 2 aromatic rings. The number of hydrogen-bond donors (Lipinski definition) is 0. The Hall–Kier alpha value is -2.31. The Morgan fingerprint density at radius 3 is 2.59 bits per heavy atom. The topological polar surface area (TPSA) is 38.1 Å². The molecule has 1 amide bonds. The quantitative estimate of drug-likeness (QED) is 0.780. The van der Waals surface area contributed by atoms with E-state index in [9.17, 15) is 18.0 Å². The van der Waals surface area contributed by atoms with E-state index < -0.39 is 11.7 Å². The van der Waals surface area contributed by atoms with Crippen LogP contribution in [0.15, 0.2) is 36.7 Å². The number of hydrogen-bond acceptors (Lipinski definition) is 2. The summed E-state index contributed by atoms with van der Waals surface area (Å²) in [6.07, 6.45) is 1.01. The second-order valence-electron chi connectivity index (χ2n) is 7.41. The van der Waals surface area contributed by atoms with E-state index in [0.717, 1.165) is 37.3 Å². The van der Waals surface area contributed by atoms with Gasteiger partial charge in [0.2, 0.25) is 0 Å². The molecule has 3 rings (SSSR count). The van der Waals surface area contributed by atoms with Gasteiger partial charge in [-0.2, -0.15) is 13.2 Å². The Labute approximate surface area is 157 Å². The van der Waals surface area contributed by atoms with E-state index in [-0.39, 0.29) is 11.5 Å². The first-order chi connectivity index (χ1) is 12.8. The molecule has 0 bridgehead atoms. The third-order valence-corrected chi connectivity index (χ3v) is 5.06. The second kappa shape index (κ2) is 7.74. The SMILES string of the molecule is CC(C)c1nccn1CC1CCN(C(=O)c2cccc(C(F)(F)F)c2)CC1. The number of nitrogens with zero attached hydrogens (tertiary/aromatic N) is 3. The highest BCUT2D eigenvalue weighted by molar-refractivity contribution is 5.94. The second-order valence-corrected chi connectivity index (χ2v) is 7.41. The average molecular weight is 379 g/mol. The molecule has 0 saturated carbocycles. The summed E-state index contributed by atoms with van der Waals surface area (Å²) in [4.78, 5) is 18.6. The van der Waals surface area contributed by atoms with Gasteiger partial charge in [-0.3, -0.25) is 4.79 Å². The first kappa shape index (κ1) is 19.5. The molecular formula is C20H24F3N3O. The van der Waals surface area contributed by atoms with Crippen molar-refractivity contribution in [3.63, 3.8) is 0 Å². The van der Waals surface area contributed by atoms with Gasteiger partial charge >= 0.3 is 6.18 Å². The van der Waals surface area contributed by atoms with Crippen molar-refractivity contribution in [2.24, 2.45) is 5.92 Å². The van der Waals surface area contributed by atoms with Crippen LogP contribution in [0.3, 0.4) is 0 Å². The number of alkyl halides is 3. The number of amides is 1. The molecule has 7 heteroatoms. The summed E-state index contributed by atoms with van der Waals surface area (Å²) in [5.74, 6) is 1.51. The molecule has 0 radical (unpaired) electrons. The number of benzene rings is 1. The Balaban J connectivity index is 1.60. The minimum Gasteiger partial charge on any atom is -0.339 e. The predicted molar refractivity (Wildman–Crippen MR) is 96.4 cm³/mol. The summed E-state index contributed by atoms with van der Waals surface area (Å²) in [5, 5.41) is 0. The molecule has 0 spiro atoms. The van der Waals surface area contributed by atoms with Crippen molar-refractivity contribution in [1.29, 1.82) is 0 Å². The Morgan fingerprint density at radius 2 is 1.96 bits per heavy atom. The van der Waals surface area contributed by atoms with E-state index in [1.165, 1.54) is 12.1 Å². The highest BCUT2D eigenvalue weighted by atomic mass is 19.4. The number of aromatic nitrogens is 2. The molecule has 0 aliphatic carbocycles. The number of carbonyl (C=O) groups is 1. The van der Waals surface area contributed by atoms with Crippen LogP contribution in [-0.2, 0) is 12.7 Å². The standard InChI is InChI=1S/C20H24F3N3O/c1-14(2)18-24-8-11-26(18)13-15-6-9-25(10-7-15)19(27)16-4-3-5-17(12-16)20(21,22)23/h3-5,8,11-12,14-15H,6-7,9-10,13H2,1-2H3. The van der Waals surface area contributed by atoms with E-state index in [4.69, 9.17) is 0 Å². The molecule has 4 nitrogen and oxygen atoms in total. The third-order valence-electron chi connectivity index (χ3n) is 5.06. The molecule has 1 aromatic heterocycles. The van der Waals surface area contributed by atoms with Gasteiger partial charge in [-0.1, -0.05) is 19.9 Å². The number of imidazole rings is 1. The zero-order chi connectivity index (χ0) is 19.6. The van der Waals surface area contributed by atoms with Crippen LogP contribution in [0.5, 0.6) is 0 Å². The summed E-state index contributed by atoms with van der Waals surface area (Å²) in [5.41, 5.74) is -0.690. The van der Waals surface area contributed by atoms with Crippen molar-refractivity contribution in [3.05, 3.63) is 53.6 Å². The Morgan fingerprint density at radius 1 is 1.26 bits per heavy atom. The van der Waals surface area contributed by atoms with Gasteiger partial charge in [-0.15, -0.1) is 0 Å². The third kappa shape index (κ3) is 4.51. The van der Waals surface area contributed by atoms with Crippen LogP contribution < -0.4 is 0 Å². The number of piperidine rings is 1. The average Bonchev–Trinajstić information content (AvgIpc) is 3.09. The van der Waals surface area contributed by atoms with Crippen LogP contribution in [0.1, 0.15) is 54.4 Å². The smallest absolute Gasteiger partial charge is 0.339 e. The normalized spacial score (nSPS) is 16.1. The Bertz CT molecular complexity index is 790. The van der Waals surface area contributed by atoms with Gasteiger partial charge in [0.1, 0.15) is 5.82 Å². The van der Waals surface area contributed by atoms with Gasteiger partial charge in [0.25, 0.3) is 5.91 Å². The highest BCUT2D eigenvalue weighted by Gasteiger charge is 2.32. The molecule has 0 atom stereocenters. The van der Waals surface area contributed by atoms with Gasteiger partial charge in [0.15, 0.2) is 0 Å².